The van der Waals surface area contributed by atoms with Crippen LogP contribution in [0.4, 0.5) is 0 Å². The Morgan fingerprint density at radius 3 is 2.87 bits per heavy atom. The van der Waals surface area contributed by atoms with Crippen LogP contribution in [0, 0.1) is 5.92 Å². The van der Waals surface area contributed by atoms with Gasteiger partial charge >= 0.3 is 0 Å². The lowest BCUT2D eigenvalue weighted by molar-refractivity contribution is -0.182. The molecular formula is C17H21N3O3. The molecule has 6 nitrogen and oxygen atoms in total. The van der Waals surface area contributed by atoms with Crippen molar-refractivity contribution < 1.29 is 14.3 Å². The molecule has 1 saturated heterocycles. The van der Waals surface area contributed by atoms with E-state index in [0.29, 0.717) is 31.2 Å². The molecule has 1 aliphatic heterocycles. The van der Waals surface area contributed by atoms with E-state index < -0.39 is 0 Å². The molecule has 23 heavy (non-hydrogen) atoms. The summed E-state index contributed by atoms with van der Waals surface area (Å²) in [7, 11) is 0. The molecule has 2 N–H and O–H groups in total. The molecule has 0 bridgehead atoms. The fraction of sp³-hybridized carbons (Fsp3) is 0.529. The minimum absolute atomic E-state index is 0.0323. The van der Waals surface area contributed by atoms with E-state index in [1.807, 2.05) is 18.2 Å². The fourth-order valence-electron chi connectivity index (χ4n) is 3.52. The Bertz CT molecular complexity index is 696. The number of hydrogen-bond donors (Lipinski definition) is 2. The van der Waals surface area contributed by atoms with Crippen molar-refractivity contribution in [1.82, 2.24) is 15.3 Å². The number of carbonyl (C=O) groups excluding carboxylic acids is 1. The van der Waals surface area contributed by atoms with Crippen molar-refractivity contribution in [2.75, 3.05) is 19.8 Å². The van der Waals surface area contributed by atoms with Crippen LogP contribution < -0.4 is 5.32 Å². The van der Waals surface area contributed by atoms with Crippen LogP contribution in [0.2, 0.25) is 0 Å². The van der Waals surface area contributed by atoms with E-state index in [1.54, 1.807) is 6.33 Å². The number of aromatic amines is 1. The average Bonchev–Trinajstić information content (AvgIpc) is 3.23. The first-order valence-electron chi connectivity index (χ1n) is 8.23. The van der Waals surface area contributed by atoms with Gasteiger partial charge in [0.1, 0.15) is 0 Å². The summed E-state index contributed by atoms with van der Waals surface area (Å²) in [5.74, 6) is 0.134. The molecule has 2 aromatic rings. The number of H-pyrrole nitrogens is 1. The number of amides is 1. The van der Waals surface area contributed by atoms with E-state index in [9.17, 15) is 4.79 Å². The number of benzene rings is 1. The lowest BCUT2D eigenvalue weighted by Crippen LogP contribution is -2.38. The van der Waals surface area contributed by atoms with E-state index in [0.717, 1.165) is 36.7 Å². The number of hydrogen-bond acceptors (Lipinski definition) is 4. The molecule has 6 heteroatoms. The van der Waals surface area contributed by atoms with Gasteiger partial charge < -0.3 is 19.8 Å². The van der Waals surface area contributed by atoms with Gasteiger partial charge in [0.25, 0.3) is 5.91 Å². The molecule has 2 fully saturated rings. The predicted molar refractivity (Wildman–Crippen MR) is 85.0 cm³/mol. The third kappa shape index (κ3) is 2.96. The largest absolute Gasteiger partial charge is 0.352 e. The molecule has 4 rings (SSSR count). The molecule has 2 aliphatic rings. The van der Waals surface area contributed by atoms with E-state index >= 15 is 0 Å². The predicted octanol–water partition coefficient (Wildman–Crippen LogP) is 2.23. The molecular weight excluding hydrogens is 294 g/mol. The van der Waals surface area contributed by atoms with Crippen molar-refractivity contribution in [2.45, 2.75) is 31.5 Å². The number of carbonyl (C=O) groups is 1. The standard InChI is InChI=1S/C17H21N3O3/c21-16(13-1-2-14-15(9-13)20-11-19-14)18-10-12-3-5-17(6-4-12)22-7-8-23-17/h1-2,9,11-12H,3-8,10H2,(H,18,21)(H,19,20). The van der Waals surface area contributed by atoms with Gasteiger partial charge in [0, 0.05) is 24.9 Å². The summed E-state index contributed by atoms with van der Waals surface area (Å²) >= 11 is 0. The molecule has 1 aliphatic carbocycles. The van der Waals surface area contributed by atoms with Gasteiger partial charge in [0.2, 0.25) is 0 Å². The average molecular weight is 315 g/mol. The zero-order valence-electron chi connectivity index (χ0n) is 13.0. The SMILES string of the molecule is O=C(NCC1CCC2(CC1)OCCO2)c1ccc2nc[nH]c2c1. The number of imidazole rings is 1. The zero-order valence-corrected chi connectivity index (χ0v) is 13.0. The van der Waals surface area contributed by atoms with Crippen LogP contribution in [0.1, 0.15) is 36.0 Å². The Kier molecular flexibility index (Phi) is 3.79. The van der Waals surface area contributed by atoms with Crippen LogP contribution in [0.25, 0.3) is 11.0 Å². The van der Waals surface area contributed by atoms with Crippen LogP contribution in [-0.2, 0) is 9.47 Å². The van der Waals surface area contributed by atoms with Crippen LogP contribution in [0.3, 0.4) is 0 Å². The molecule has 0 atom stereocenters. The summed E-state index contributed by atoms with van der Waals surface area (Å²) in [4.78, 5) is 19.5. The first-order valence-corrected chi connectivity index (χ1v) is 8.23. The first-order chi connectivity index (χ1) is 11.2. The molecule has 0 radical (unpaired) electrons. The molecule has 1 aromatic heterocycles. The smallest absolute Gasteiger partial charge is 0.251 e. The molecule has 2 heterocycles. The summed E-state index contributed by atoms with van der Waals surface area (Å²) in [6.07, 6.45) is 5.54. The lowest BCUT2D eigenvalue weighted by Gasteiger charge is -2.35. The maximum absolute atomic E-state index is 12.3. The quantitative estimate of drug-likeness (QED) is 0.910. The Morgan fingerprint density at radius 2 is 2.09 bits per heavy atom. The van der Waals surface area contributed by atoms with Gasteiger partial charge in [-0.05, 0) is 37.0 Å². The monoisotopic (exact) mass is 315 g/mol. The first kappa shape index (κ1) is 14.7. The van der Waals surface area contributed by atoms with Gasteiger partial charge in [0.15, 0.2) is 5.79 Å². The van der Waals surface area contributed by atoms with Gasteiger partial charge in [-0.3, -0.25) is 4.79 Å². The van der Waals surface area contributed by atoms with Gasteiger partial charge in [-0.1, -0.05) is 0 Å². The summed E-state index contributed by atoms with van der Waals surface area (Å²) in [5.41, 5.74) is 2.42. The van der Waals surface area contributed by atoms with Crippen LogP contribution >= 0.6 is 0 Å². The summed E-state index contributed by atoms with van der Waals surface area (Å²) in [6.45, 7) is 2.12. The maximum Gasteiger partial charge on any atom is 0.251 e. The highest BCUT2D eigenvalue weighted by Gasteiger charge is 2.40. The molecule has 122 valence electrons. The maximum atomic E-state index is 12.3. The Hall–Kier alpha value is -1.92. The minimum atomic E-state index is -0.327. The highest BCUT2D eigenvalue weighted by atomic mass is 16.7. The van der Waals surface area contributed by atoms with Crippen molar-refractivity contribution >= 4 is 16.9 Å². The third-order valence-electron chi connectivity index (χ3n) is 4.91. The van der Waals surface area contributed by atoms with Gasteiger partial charge in [-0.15, -0.1) is 0 Å². The van der Waals surface area contributed by atoms with Crippen molar-refractivity contribution in [3.05, 3.63) is 30.1 Å². The summed E-state index contributed by atoms with van der Waals surface area (Å²) in [6, 6.07) is 5.52. The second-order valence-corrected chi connectivity index (χ2v) is 6.40. The van der Waals surface area contributed by atoms with Gasteiger partial charge in [-0.25, -0.2) is 4.98 Å². The number of nitrogens with one attached hydrogen (secondary N) is 2. The molecule has 0 unspecified atom stereocenters. The summed E-state index contributed by atoms with van der Waals surface area (Å²) < 4.78 is 11.5. The molecule has 1 saturated carbocycles. The van der Waals surface area contributed by atoms with Gasteiger partial charge in [0.05, 0.1) is 30.6 Å². The highest BCUT2D eigenvalue weighted by molar-refractivity contribution is 5.97. The Balaban J connectivity index is 1.31. The van der Waals surface area contributed by atoms with E-state index in [2.05, 4.69) is 15.3 Å². The number of ether oxygens (including phenoxy) is 2. The van der Waals surface area contributed by atoms with E-state index in [-0.39, 0.29) is 11.7 Å². The highest BCUT2D eigenvalue weighted by Crippen LogP contribution is 2.37. The number of rotatable bonds is 3. The van der Waals surface area contributed by atoms with Crippen molar-refractivity contribution in [1.29, 1.82) is 0 Å². The minimum Gasteiger partial charge on any atom is -0.352 e. The van der Waals surface area contributed by atoms with Crippen LogP contribution in [0.15, 0.2) is 24.5 Å². The molecule has 1 amide bonds. The van der Waals surface area contributed by atoms with E-state index in [1.165, 1.54) is 0 Å². The van der Waals surface area contributed by atoms with Gasteiger partial charge in [-0.2, -0.15) is 0 Å². The van der Waals surface area contributed by atoms with E-state index in [4.69, 9.17) is 9.47 Å². The van der Waals surface area contributed by atoms with Crippen molar-refractivity contribution in [3.63, 3.8) is 0 Å². The van der Waals surface area contributed by atoms with Crippen LogP contribution in [0.5, 0.6) is 0 Å². The summed E-state index contributed by atoms with van der Waals surface area (Å²) in [5, 5.41) is 3.05. The molecule has 1 spiro atoms. The topological polar surface area (TPSA) is 76.2 Å². The molecule has 1 aromatic carbocycles. The number of nitrogens with zero attached hydrogens (tertiary/aromatic N) is 1. The fourth-order valence-corrected chi connectivity index (χ4v) is 3.52. The normalized spacial score (nSPS) is 21.0. The van der Waals surface area contributed by atoms with Crippen molar-refractivity contribution in [3.8, 4) is 0 Å². The second-order valence-electron chi connectivity index (χ2n) is 6.40. The van der Waals surface area contributed by atoms with Crippen molar-refractivity contribution in [2.24, 2.45) is 5.92 Å². The third-order valence-corrected chi connectivity index (χ3v) is 4.91. The number of fused-ring (bicyclic) bond motifs is 1. The second kappa shape index (κ2) is 5.94. The Labute approximate surface area is 134 Å². The zero-order chi connectivity index (χ0) is 15.7. The lowest BCUT2D eigenvalue weighted by atomic mass is 9.85. The Morgan fingerprint density at radius 1 is 1.30 bits per heavy atom. The number of aromatic nitrogens is 2. The van der Waals surface area contributed by atoms with Crippen LogP contribution in [-0.4, -0.2) is 41.4 Å².